The Hall–Kier alpha value is -0.820. The van der Waals surface area contributed by atoms with Crippen LogP contribution in [0.25, 0.3) is 0 Å². The molecular weight excluding hydrogens is 220 g/mol. The molecule has 0 aliphatic carbocycles. The fraction of sp³-hybridized carbons (Fsp3) is 0.588. The molecule has 101 valence electrons. The number of rotatable bonds is 7. The predicted octanol–water partition coefficient (Wildman–Crippen LogP) is 4.16. The van der Waals surface area contributed by atoms with Gasteiger partial charge < -0.3 is 5.11 Å². The van der Waals surface area contributed by atoms with E-state index in [1.807, 2.05) is 6.92 Å². The molecule has 1 heteroatoms. The van der Waals surface area contributed by atoms with Gasteiger partial charge in [0, 0.05) is 5.92 Å². The van der Waals surface area contributed by atoms with Crippen molar-refractivity contribution in [1.29, 1.82) is 0 Å². The number of unbranched alkanes of at least 4 members (excludes halogenated alkanes) is 1. The Morgan fingerprint density at radius 1 is 1.17 bits per heavy atom. The van der Waals surface area contributed by atoms with E-state index in [0.29, 0.717) is 5.92 Å². The lowest BCUT2D eigenvalue weighted by atomic mass is 9.92. The molecule has 0 aliphatic heterocycles. The van der Waals surface area contributed by atoms with Crippen LogP contribution in [0.5, 0.6) is 0 Å². The maximum absolute atomic E-state index is 9.29. The van der Waals surface area contributed by atoms with E-state index >= 15 is 0 Å². The topological polar surface area (TPSA) is 20.2 Å². The van der Waals surface area contributed by atoms with E-state index in [0.717, 1.165) is 18.8 Å². The summed E-state index contributed by atoms with van der Waals surface area (Å²) >= 11 is 0. The van der Waals surface area contributed by atoms with Crippen molar-refractivity contribution in [3.05, 3.63) is 40.8 Å². The van der Waals surface area contributed by atoms with E-state index in [9.17, 15) is 5.11 Å². The minimum absolute atomic E-state index is 0.151. The van der Waals surface area contributed by atoms with E-state index in [-0.39, 0.29) is 6.61 Å². The first-order valence-electron chi connectivity index (χ1n) is 7.13. The van der Waals surface area contributed by atoms with Crippen LogP contribution in [0.15, 0.2) is 18.2 Å². The SMILES string of the molecule is CCCCc1cc(CC(C)C)cc([C](C)CO)c1. The summed E-state index contributed by atoms with van der Waals surface area (Å²) in [7, 11) is 0. The molecule has 0 unspecified atom stereocenters. The molecule has 1 aromatic carbocycles. The molecule has 0 spiro atoms. The molecule has 0 fully saturated rings. The number of hydrogen-bond acceptors (Lipinski definition) is 1. The maximum atomic E-state index is 9.29. The van der Waals surface area contributed by atoms with Gasteiger partial charge in [-0.3, -0.25) is 0 Å². The van der Waals surface area contributed by atoms with E-state index in [1.54, 1.807) is 0 Å². The molecule has 0 aliphatic rings. The minimum atomic E-state index is 0.151. The Labute approximate surface area is 112 Å². The third-order valence-corrected chi connectivity index (χ3v) is 3.25. The normalized spacial score (nSPS) is 11.5. The Kier molecular flexibility index (Phi) is 6.42. The summed E-state index contributed by atoms with van der Waals surface area (Å²) in [6.07, 6.45) is 4.73. The first-order valence-corrected chi connectivity index (χ1v) is 7.13. The number of hydrogen-bond donors (Lipinski definition) is 1. The molecule has 0 saturated carbocycles. The zero-order valence-corrected chi connectivity index (χ0v) is 12.3. The molecule has 1 aromatic rings. The number of aliphatic hydroxyl groups excluding tert-OH is 1. The van der Waals surface area contributed by atoms with Gasteiger partial charge in [-0.1, -0.05) is 52.3 Å². The number of aliphatic hydroxyl groups is 1. The van der Waals surface area contributed by atoms with Crippen molar-refractivity contribution >= 4 is 0 Å². The van der Waals surface area contributed by atoms with Crippen molar-refractivity contribution in [1.82, 2.24) is 0 Å². The smallest absolute Gasteiger partial charge is 0.0534 e. The average molecular weight is 247 g/mol. The van der Waals surface area contributed by atoms with Gasteiger partial charge in [0.1, 0.15) is 0 Å². The third kappa shape index (κ3) is 4.81. The van der Waals surface area contributed by atoms with Crippen LogP contribution in [-0.2, 0) is 12.8 Å². The van der Waals surface area contributed by atoms with Crippen molar-refractivity contribution < 1.29 is 5.11 Å². The second-order valence-electron chi connectivity index (χ2n) is 5.68. The fourth-order valence-corrected chi connectivity index (χ4v) is 2.21. The molecular formula is C17H27O. The van der Waals surface area contributed by atoms with Gasteiger partial charge in [-0.15, -0.1) is 0 Å². The summed E-state index contributed by atoms with van der Waals surface area (Å²) in [5.74, 6) is 1.74. The van der Waals surface area contributed by atoms with Gasteiger partial charge in [-0.2, -0.15) is 0 Å². The van der Waals surface area contributed by atoms with Crippen molar-refractivity contribution in [3.63, 3.8) is 0 Å². The van der Waals surface area contributed by atoms with Crippen LogP contribution in [0.4, 0.5) is 0 Å². The standard InChI is InChI=1S/C17H27O/c1-5-6-7-15-9-16(8-13(2)3)11-17(10-15)14(4)12-18/h9-11,13,18H,5-8,12H2,1-4H3. The predicted molar refractivity (Wildman–Crippen MR) is 78.7 cm³/mol. The highest BCUT2D eigenvalue weighted by Crippen LogP contribution is 2.21. The highest BCUT2D eigenvalue weighted by molar-refractivity contribution is 5.38. The van der Waals surface area contributed by atoms with Crippen LogP contribution < -0.4 is 0 Å². The Morgan fingerprint density at radius 3 is 2.39 bits per heavy atom. The second kappa shape index (κ2) is 7.58. The van der Waals surface area contributed by atoms with Crippen molar-refractivity contribution in [2.45, 2.75) is 53.4 Å². The highest BCUT2D eigenvalue weighted by atomic mass is 16.3. The Morgan fingerprint density at radius 2 is 1.83 bits per heavy atom. The lowest BCUT2D eigenvalue weighted by Crippen LogP contribution is -2.04. The van der Waals surface area contributed by atoms with E-state index in [1.165, 1.54) is 29.5 Å². The summed E-state index contributed by atoms with van der Waals surface area (Å²) in [5, 5.41) is 9.29. The quantitative estimate of drug-likeness (QED) is 0.767. The lowest BCUT2D eigenvalue weighted by Gasteiger charge is -2.14. The summed E-state index contributed by atoms with van der Waals surface area (Å²) in [6.45, 7) is 8.89. The van der Waals surface area contributed by atoms with Crippen LogP contribution in [0.1, 0.15) is 57.2 Å². The zero-order valence-electron chi connectivity index (χ0n) is 12.3. The fourth-order valence-electron chi connectivity index (χ4n) is 2.21. The molecule has 0 saturated heterocycles. The summed E-state index contributed by atoms with van der Waals surface area (Å²) in [4.78, 5) is 0. The minimum Gasteiger partial charge on any atom is -0.395 e. The van der Waals surface area contributed by atoms with Gasteiger partial charge in [0.15, 0.2) is 0 Å². The second-order valence-corrected chi connectivity index (χ2v) is 5.68. The van der Waals surface area contributed by atoms with Gasteiger partial charge in [-0.25, -0.2) is 0 Å². The van der Waals surface area contributed by atoms with Gasteiger partial charge >= 0.3 is 0 Å². The van der Waals surface area contributed by atoms with Gasteiger partial charge in [-0.05, 0) is 41.9 Å². The van der Waals surface area contributed by atoms with Crippen molar-refractivity contribution in [2.75, 3.05) is 6.61 Å². The van der Waals surface area contributed by atoms with Crippen LogP contribution in [0.2, 0.25) is 0 Å². The van der Waals surface area contributed by atoms with Crippen LogP contribution >= 0.6 is 0 Å². The lowest BCUT2D eigenvalue weighted by molar-refractivity contribution is 0.315. The third-order valence-electron chi connectivity index (χ3n) is 3.25. The summed E-state index contributed by atoms with van der Waals surface area (Å²) in [5.41, 5.74) is 4.03. The molecule has 1 N–H and O–H groups in total. The summed E-state index contributed by atoms with van der Waals surface area (Å²) < 4.78 is 0. The maximum Gasteiger partial charge on any atom is 0.0534 e. The largest absolute Gasteiger partial charge is 0.395 e. The van der Waals surface area contributed by atoms with Gasteiger partial charge in [0.05, 0.1) is 6.61 Å². The first kappa shape index (κ1) is 15.2. The number of aryl methyl sites for hydroxylation is 1. The molecule has 1 radical (unpaired) electrons. The molecule has 0 amide bonds. The molecule has 0 aromatic heterocycles. The number of benzene rings is 1. The molecule has 1 nitrogen and oxygen atoms in total. The molecule has 0 bridgehead atoms. The average Bonchev–Trinajstić information content (AvgIpc) is 2.34. The van der Waals surface area contributed by atoms with Crippen LogP contribution in [-0.4, -0.2) is 11.7 Å². The van der Waals surface area contributed by atoms with Crippen molar-refractivity contribution in [3.8, 4) is 0 Å². The zero-order chi connectivity index (χ0) is 13.5. The van der Waals surface area contributed by atoms with Crippen LogP contribution in [0.3, 0.4) is 0 Å². The molecule has 0 heterocycles. The summed E-state index contributed by atoms with van der Waals surface area (Å²) in [6, 6.07) is 6.82. The Bertz CT molecular complexity index is 355. The molecule has 0 atom stereocenters. The van der Waals surface area contributed by atoms with Gasteiger partial charge in [0.25, 0.3) is 0 Å². The Balaban J connectivity index is 2.95. The van der Waals surface area contributed by atoms with E-state index < -0.39 is 0 Å². The first-order chi connectivity index (χ1) is 8.56. The molecule has 1 rings (SSSR count). The van der Waals surface area contributed by atoms with Crippen LogP contribution in [0, 0.1) is 11.8 Å². The highest BCUT2D eigenvalue weighted by Gasteiger charge is 2.09. The molecule has 18 heavy (non-hydrogen) atoms. The van der Waals surface area contributed by atoms with E-state index in [2.05, 4.69) is 39.0 Å². The monoisotopic (exact) mass is 247 g/mol. The van der Waals surface area contributed by atoms with E-state index in [4.69, 9.17) is 0 Å². The van der Waals surface area contributed by atoms with Crippen molar-refractivity contribution in [2.24, 2.45) is 5.92 Å². The van der Waals surface area contributed by atoms with Gasteiger partial charge in [0.2, 0.25) is 0 Å².